The van der Waals surface area contributed by atoms with E-state index in [9.17, 15) is 14.4 Å². The number of aryl methyl sites for hydroxylation is 1. The van der Waals surface area contributed by atoms with Crippen LogP contribution in [0.2, 0.25) is 0 Å². The molecule has 0 spiro atoms. The summed E-state index contributed by atoms with van der Waals surface area (Å²) in [7, 11) is 1.60. The number of nitrogens with zero attached hydrogens (tertiary/aromatic N) is 3. The van der Waals surface area contributed by atoms with E-state index >= 15 is 0 Å². The molecule has 31 heavy (non-hydrogen) atoms. The molecule has 1 aromatic heterocycles. The fourth-order valence-corrected chi connectivity index (χ4v) is 3.48. The van der Waals surface area contributed by atoms with Gasteiger partial charge in [0.25, 0.3) is 11.8 Å². The van der Waals surface area contributed by atoms with Crippen LogP contribution in [0.25, 0.3) is 0 Å². The minimum Gasteiger partial charge on any atom is -0.351 e. The number of carbonyl (C=O) groups is 3. The number of carbonyl (C=O) groups excluding carboxylic acids is 3. The third-order valence-electron chi connectivity index (χ3n) is 5.80. The summed E-state index contributed by atoms with van der Waals surface area (Å²) in [5.41, 5.74) is 1.50. The summed E-state index contributed by atoms with van der Waals surface area (Å²) >= 11 is 0. The summed E-state index contributed by atoms with van der Waals surface area (Å²) in [6.45, 7) is 8.97. The highest BCUT2D eigenvalue weighted by Crippen LogP contribution is 2.26. The van der Waals surface area contributed by atoms with Crippen LogP contribution in [-0.4, -0.2) is 51.5 Å². The van der Waals surface area contributed by atoms with Gasteiger partial charge < -0.3 is 15.5 Å². The van der Waals surface area contributed by atoms with Gasteiger partial charge >= 0.3 is 0 Å². The molecule has 0 aliphatic carbocycles. The Balaban J connectivity index is 1.72. The van der Waals surface area contributed by atoms with Crippen LogP contribution in [0.4, 0.5) is 0 Å². The molecule has 0 unspecified atom stereocenters. The van der Waals surface area contributed by atoms with Crippen molar-refractivity contribution in [1.82, 2.24) is 25.3 Å². The van der Waals surface area contributed by atoms with Crippen LogP contribution < -0.4 is 10.6 Å². The van der Waals surface area contributed by atoms with Crippen LogP contribution in [0.1, 0.15) is 59.3 Å². The lowest BCUT2D eigenvalue weighted by atomic mass is 9.95. The summed E-state index contributed by atoms with van der Waals surface area (Å²) in [5.74, 6) is -0.450. The number of benzene rings is 1. The molecule has 1 atom stereocenters. The number of hydrogen-bond donors (Lipinski definition) is 2. The molecule has 0 saturated heterocycles. The Morgan fingerprint density at radius 1 is 1.19 bits per heavy atom. The van der Waals surface area contributed by atoms with Crippen molar-refractivity contribution in [1.29, 1.82) is 0 Å². The molecule has 0 bridgehead atoms. The number of likely N-dealkylation sites (N-methyl/N-ethyl adjacent to an activating group) is 1. The van der Waals surface area contributed by atoms with E-state index in [0.29, 0.717) is 24.7 Å². The number of aromatic nitrogens is 2. The number of fused-ring (bicyclic) bond motifs is 1. The van der Waals surface area contributed by atoms with Crippen LogP contribution in [0.15, 0.2) is 30.3 Å². The van der Waals surface area contributed by atoms with E-state index in [1.54, 1.807) is 14.0 Å². The van der Waals surface area contributed by atoms with Gasteiger partial charge in [0.1, 0.15) is 11.2 Å². The van der Waals surface area contributed by atoms with Gasteiger partial charge in [-0.25, -0.2) is 0 Å². The van der Waals surface area contributed by atoms with Crippen molar-refractivity contribution < 1.29 is 14.4 Å². The molecule has 166 valence electrons. The van der Waals surface area contributed by atoms with E-state index in [4.69, 9.17) is 0 Å². The molecule has 0 saturated carbocycles. The molecule has 3 amide bonds. The van der Waals surface area contributed by atoms with E-state index in [1.807, 2.05) is 31.2 Å². The molecular formula is C23H31N5O3. The van der Waals surface area contributed by atoms with E-state index in [1.165, 1.54) is 15.6 Å². The molecule has 1 aliphatic heterocycles. The van der Waals surface area contributed by atoms with Gasteiger partial charge in [0.2, 0.25) is 5.91 Å². The van der Waals surface area contributed by atoms with Crippen molar-refractivity contribution in [2.24, 2.45) is 5.92 Å². The Labute approximate surface area is 183 Å². The molecule has 8 nitrogen and oxygen atoms in total. The lowest BCUT2D eigenvalue weighted by Crippen LogP contribution is -2.62. The minimum absolute atomic E-state index is 0.170. The molecule has 8 heteroatoms. The van der Waals surface area contributed by atoms with E-state index in [-0.39, 0.29) is 30.0 Å². The van der Waals surface area contributed by atoms with E-state index in [2.05, 4.69) is 29.6 Å². The maximum Gasteiger partial charge on any atom is 0.272 e. The Bertz CT molecular complexity index is 980. The fourth-order valence-electron chi connectivity index (χ4n) is 3.48. The predicted molar refractivity (Wildman–Crippen MR) is 118 cm³/mol. The molecule has 0 fully saturated rings. The van der Waals surface area contributed by atoms with Gasteiger partial charge in [-0.15, -0.1) is 0 Å². The zero-order valence-corrected chi connectivity index (χ0v) is 18.9. The quantitative estimate of drug-likeness (QED) is 0.710. The van der Waals surface area contributed by atoms with Crippen LogP contribution in [0, 0.1) is 12.8 Å². The summed E-state index contributed by atoms with van der Waals surface area (Å²) in [6.07, 6.45) is 0.861. The maximum atomic E-state index is 13.0. The normalized spacial score (nSPS) is 18.1. The first kappa shape index (κ1) is 22.5. The van der Waals surface area contributed by atoms with Gasteiger partial charge in [-0.05, 0) is 31.7 Å². The number of rotatable bonds is 7. The molecule has 1 aliphatic rings. The topological polar surface area (TPSA) is 96.3 Å². The Hall–Kier alpha value is -3.16. The number of nitrogens with one attached hydrogen (secondary N) is 2. The van der Waals surface area contributed by atoms with Crippen molar-refractivity contribution in [3.05, 3.63) is 52.8 Å². The van der Waals surface area contributed by atoms with Crippen molar-refractivity contribution in [2.75, 3.05) is 13.6 Å². The second kappa shape index (κ2) is 8.91. The molecule has 2 aromatic rings. The first-order chi connectivity index (χ1) is 14.6. The largest absolute Gasteiger partial charge is 0.351 e. The second-order valence-electron chi connectivity index (χ2n) is 8.82. The van der Waals surface area contributed by atoms with Gasteiger partial charge in [-0.1, -0.05) is 43.7 Å². The molecule has 2 N–H and O–H groups in total. The lowest BCUT2D eigenvalue weighted by Gasteiger charge is -2.40. The molecule has 0 radical (unpaired) electrons. The van der Waals surface area contributed by atoms with Crippen molar-refractivity contribution in [3.63, 3.8) is 0 Å². The van der Waals surface area contributed by atoms with Crippen molar-refractivity contribution >= 4 is 17.7 Å². The third kappa shape index (κ3) is 4.78. The Morgan fingerprint density at radius 3 is 2.52 bits per heavy atom. The molecule has 3 rings (SSSR count). The van der Waals surface area contributed by atoms with Crippen LogP contribution in [0.5, 0.6) is 0 Å². The monoisotopic (exact) mass is 425 g/mol. The first-order valence-electron chi connectivity index (χ1n) is 10.6. The van der Waals surface area contributed by atoms with Gasteiger partial charge in [0, 0.05) is 26.2 Å². The van der Waals surface area contributed by atoms with E-state index in [0.717, 1.165) is 17.5 Å². The highest BCUT2D eigenvalue weighted by molar-refractivity contribution is 6.01. The SMILES string of the molecule is Cc1ccc(CNC(=O)[C@]2(C)Cn3nc(C(=O)NCCC(C)C)cc3C(=O)N2C)cc1. The smallest absolute Gasteiger partial charge is 0.272 e. The average molecular weight is 426 g/mol. The maximum absolute atomic E-state index is 13.0. The minimum atomic E-state index is -1.12. The summed E-state index contributed by atoms with van der Waals surface area (Å²) in [6, 6.07) is 9.40. The zero-order valence-electron chi connectivity index (χ0n) is 18.9. The van der Waals surface area contributed by atoms with Crippen LogP contribution in [0.3, 0.4) is 0 Å². The Kier molecular flexibility index (Phi) is 6.48. The molecule has 1 aromatic carbocycles. The summed E-state index contributed by atoms with van der Waals surface area (Å²) in [5, 5.41) is 10.1. The van der Waals surface area contributed by atoms with Crippen LogP contribution in [-0.2, 0) is 17.9 Å². The van der Waals surface area contributed by atoms with Crippen LogP contribution >= 0.6 is 0 Å². The number of amides is 3. The lowest BCUT2D eigenvalue weighted by molar-refractivity contribution is -0.132. The number of hydrogen-bond acceptors (Lipinski definition) is 4. The molecular weight excluding hydrogens is 394 g/mol. The third-order valence-corrected chi connectivity index (χ3v) is 5.80. The van der Waals surface area contributed by atoms with Gasteiger partial charge in [0.05, 0.1) is 6.54 Å². The average Bonchev–Trinajstić information content (AvgIpc) is 3.15. The Morgan fingerprint density at radius 2 is 1.87 bits per heavy atom. The summed E-state index contributed by atoms with van der Waals surface area (Å²) in [4.78, 5) is 39.8. The highest BCUT2D eigenvalue weighted by Gasteiger charge is 2.46. The van der Waals surface area contributed by atoms with Gasteiger partial charge in [-0.3, -0.25) is 19.1 Å². The van der Waals surface area contributed by atoms with Crippen molar-refractivity contribution in [2.45, 2.75) is 52.7 Å². The molecule has 2 heterocycles. The van der Waals surface area contributed by atoms with Gasteiger partial charge in [-0.2, -0.15) is 5.10 Å². The van der Waals surface area contributed by atoms with Crippen molar-refractivity contribution in [3.8, 4) is 0 Å². The predicted octanol–water partition coefficient (Wildman–Crippen LogP) is 2.13. The van der Waals surface area contributed by atoms with E-state index < -0.39 is 5.54 Å². The standard InChI is InChI=1S/C23H31N5O3/c1-15(2)10-11-24-20(29)18-12-19-21(30)27(5)23(4,14-28(19)26-18)22(31)25-13-17-8-6-16(3)7-9-17/h6-9,12,15H,10-11,13-14H2,1-5H3,(H,24,29)(H,25,31)/t23-/m0/s1. The second-order valence-corrected chi connectivity index (χ2v) is 8.82. The summed E-state index contributed by atoms with van der Waals surface area (Å²) < 4.78 is 1.46. The highest BCUT2D eigenvalue weighted by atomic mass is 16.2. The fraction of sp³-hybridized carbons (Fsp3) is 0.478. The zero-order chi connectivity index (χ0) is 22.8. The first-order valence-corrected chi connectivity index (χ1v) is 10.6. The van der Waals surface area contributed by atoms with Gasteiger partial charge in [0.15, 0.2) is 5.69 Å².